The monoisotopic (exact) mass is 176 g/mol. The molecule has 2 heteroatoms. The van der Waals surface area contributed by atoms with E-state index < -0.39 is 0 Å². The van der Waals surface area contributed by atoms with Crippen LogP contribution in [0.25, 0.3) is 11.0 Å². The van der Waals surface area contributed by atoms with Gasteiger partial charge in [-0.1, -0.05) is 18.2 Å². The zero-order valence-electron chi connectivity index (χ0n) is 6.70. The van der Waals surface area contributed by atoms with E-state index in [1.165, 1.54) is 5.56 Å². The van der Waals surface area contributed by atoms with Crippen LogP contribution in [0.1, 0.15) is 5.56 Å². The summed E-state index contributed by atoms with van der Waals surface area (Å²) in [7, 11) is 0. The molecule has 60 valence electrons. The first-order valence-electron chi connectivity index (χ1n) is 3.77. The lowest BCUT2D eigenvalue weighted by Gasteiger charge is -1.98. The first-order chi connectivity index (χ1) is 5.77. The van der Waals surface area contributed by atoms with E-state index in [1.807, 2.05) is 37.3 Å². The molecule has 12 heavy (non-hydrogen) atoms. The Kier molecular flexibility index (Phi) is 1.70. The number of para-hydroxylation sites is 1. The van der Waals surface area contributed by atoms with E-state index in [0.717, 1.165) is 11.0 Å². The van der Waals surface area contributed by atoms with E-state index in [2.05, 4.69) is 0 Å². The standard InChI is InChI=1S/C10H8OS/c1-7-6-10(12)11-9-5-3-2-4-8(7)9/h2-6H,1H3. The second-order valence-corrected chi connectivity index (χ2v) is 3.15. The molecular formula is C10H8OS. The lowest BCUT2D eigenvalue weighted by atomic mass is 10.1. The van der Waals surface area contributed by atoms with Crippen molar-refractivity contribution in [3.63, 3.8) is 0 Å². The van der Waals surface area contributed by atoms with Gasteiger partial charge < -0.3 is 4.42 Å². The second kappa shape index (κ2) is 2.72. The first kappa shape index (κ1) is 7.50. The van der Waals surface area contributed by atoms with Gasteiger partial charge in [0, 0.05) is 5.39 Å². The highest BCUT2D eigenvalue weighted by molar-refractivity contribution is 7.71. The molecule has 0 fully saturated rings. The van der Waals surface area contributed by atoms with Crippen molar-refractivity contribution in [3.8, 4) is 0 Å². The molecule has 0 saturated carbocycles. The minimum absolute atomic E-state index is 0.547. The Balaban J connectivity index is 2.99. The van der Waals surface area contributed by atoms with E-state index in [-0.39, 0.29) is 0 Å². The molecule has 1 heterocycles. The van der Waals surface area contributed by atoms with Crippen molar-refractivity contribution < 1.29 is 4.42 Å². The lowest BCUT2D eigenvalue weighted by Crippen LogP contribution is -1.77. The molecule has 1 aromatic carbocycles. The summed E-state index contributed by atoms with van der Waals surface area (Å²) in [6.45, 7) is 2.04. The number of hydrogen-bond donors (Lipinski definition) is 0. The summed E-state index contributed by atoms with van der Waals surface area (Å²) in [5.41, 5.74) is 2.03. The molecule has 0 aliphatic carbocycles. The van der Waals surface area contributed by atoms with Gasteiger partial charge in [-0.05, 0) is 36.8 Å². The predicted octanol–water partition coefficient (Wildman–Crippen LogP) is 3.47. The van der Waals surface area contributed by atoms with Gasteiger partial charge in [0.1, 0.15) is 5.58 Å². The average molecular weight is 176 g/mol. The zero-order valence-corrected chi connectivity index (χ0v) is 7.52. The molecule has 0 spiro atoms. The van der Waals surface area contributed by atoms with Crippen LogP contribution >= 0.6 is 12.2 Å². The number of aryl methyl sites for hydroxylation is 1. The van der Waals surface area contributed by atoms with Crippen molar-refractivity contribution in [1.29, 1.82) is 0 Å². The number of rotatable bonds is 0. The van der Waals surface area contributed by atoms with Crippen molar-refractivity contribution in [3.05, 3.63) is 40.6 Å². The number of fused-ring (bicyclic) bond motifs is 1. The van der Waals surface area contributed by atoms with E-state index >= 15 is 0 Å². The van der Waals surface area contributed by atoms with Crippen LogP contribution in [0.4, 0.5) is 0 Å². The summed E-state index contributed by atoms with van der Waals surface area (Å²) >= 11 is 4.96. The van der Waals surface area contributed by atoms with Crippen molar-refractivity contribution in [1.82, 2.24) is 0 Å². The van der Waals surface area contributed by atoms with Gasteiger partial charge in [0.25, 0.3) is 0 Å². The maximum absolute atomic E-state index is 5.36. The van der Waals surface area contributed by atoms with Gasteiger partial charge in [-0.15, -0.1) is 0 Å². The van der Waals surface area contributed by atoms with Crippen LogP contribution in [0.15, 0.2) is 34.7 Å². The molecule has 2 rings (SSSR count). The van der Waals surface area contributed by atoms with Gasteiger partial charge in [-0.3, -0.25) is 0 Å². The molecule has 0 saturated heterocycles. The maximum Gasteiger partial charge on any atom is 0.191 e. The van der Waals surface area contributed by atoms with Crippen LogP contribution in [0.2, 0.25) is 0 Å². The quantitative estimate of drug-likeness (QED) is 0.570. The van der Waals surface area contributed by atoms with Crippen molar-refractivity contribution >= 4 is 23.2 Å². The molecule has 0 aliphatic heterocycles. The van der Waals surface area contributed by atoms with E-state index in [0.29, 0.717) is 4.71 Å². The highest BCUT2D eigenvalue weighted by Crippen LogP contribution is 2.17. The third-order valence-electron chi connectivity index (χ3n) is 1.86. The minimum atomic E-state index is 0.547. The van der Waals surface area contributed by atoms with Crippen molar-refractivity contribution in [2.24, 2.45) is 0 Å². The van der Waals surface area contributed by atoms with Crippen LogP contribution in [0, 0.1) is 11.6 Å². The average Bonchev–Trinajstić information content (AvgIpc) is 2.04. The number of benzene rings is 1. The fourth-order valence-corrected chi connectivity index (χ4v) is 1.54. The summed E-state index contributed by atoms with van der Waals surface area (Å²) in [6, 6.07) is 9.77. The van der Waals surface area contributed by atoms with Crippen LogP contribution in [-0.2, 0) is 0 Å². The van der Waals surface area contributed by atoms with Gasteiger partial charge in [-0.2, -0.15) is 0 Å². The van der Waals surface area contributed by atoms with Gasteiger partial charge in [0.2, 0.25) is 0 Å². The largest absolute Gasteiger partial charge is 0.445 e. The summed E-state index contributed by atoms with van der Waals surface area (Å²) < 4.78 is 5.90. The summed E-state index contributed by atoms with van der Waals surface area (Å²) in [5, 5.41) is 1.13. The first-order valence-corrected chi connectivity index (χ1v) is 4.18. The lowest BCUT2D eigenvalue weighted by molar-refractivity contribution is 0.585. The number of hydrogen-bond acceptors (Lipinski definition) is 2. The van der Waals surface area contributed by atoms with Crippen molar-refractivity contribution in [2.45, 2.75) is 6.92 Å². The third-order valence-corrected chi connectivity index (χ3v) is 2.06. The fourth-order valence-electron chi connectivity index (χ4n) is 1.27. The molecule has 0 radical (unpaired) electrons. The molecule has 0 atom stereocenters. The van der Waals surface area contributed by atoms with E-state index in [9.17, 15) is 0 Å². The van der Waals surface area contributed by atoms with Gasteiger partial charge in [-0.25, -0.2) is 0 Å². The Bertz CT molecular complexity index is 470. The smallest absolute Gasteiger partial charge is 0.191 e. The molecular weight excluding hydrogens is 168 g/mol. The minimum Gasteiger partial charge on any atom is -0.445 e. The molecule has 0 bridgehead atoms. The van der Waals surface area contributed by atoms with E-state index in [1.54, 1.807) is 0 Å². The summed E-state index contributed by atoms with van der Waals surface area (Å²) in [5.74, 6) is 0. The molecule has 0 aliphatic rings. The van der Waals surface area contributed by atoms with Crippen LogP contribution in [0.5, 0.6) is 0 Å². The Morgan fingerprint density at radius 3 is 2.83 bits per heavy atom. The Morgan fingerprint density at radius 2 is 2.00 bits per heavy atom. The Hall–Kier alpha value is -1.15. The van der Waals surface area contributed by atoms with Crippen LogP contribution < -0.4 is 0 Å². The Labute approximate surface area is 75.6 Å². The fraction of sp³-hybridized carbons (Fsp3) is 0.100. The van der Waals surface area contributed by atoms with Gasteiger partial charge in [0.15, 0.2) is 4.71 Å². The molecule has 0 amide bonds. The zero-order chi connectivity index (χ0) is 8.55. The van der Waals surface area contributed by atoms with Crippen LogP contribution in [0.3, 0.4) is 0 Å². The third kappa shape index (κ3) is 1.14. The molecule has 0 N–H and O–H groups in total. The highest BCUT2D eigenvalue weighted by atomic mass is 32.1. The van der Waals surface area contributed by atoms with Crippen molar-refractivity contribution in [2.75, 3.05) is 0 Å². The molecule has 2 aromatic rings. The Morgan fingerprint density at radius 1 is 1.25 bits per heavy atom. The van der Waals surface area contributed by atoms with Gasteiger partial charge in [0.05, 0.1) is 0 Å². The predicted molar refractivity (Wildman–Crippen MR) is 51.8 cm³/mol. The topological polar surface area (TPSA) is 13.1 Å². The summed E-state index contributed by atoms with van der Waals surface area (Å²) in [6.07, 6.45) is 0. The summed E-state index contributed by atoms with van der Waals surface area (Å²) in [4.78, 5) is 0. The second-order valence-electron chi connectivity index (χ2n) is 2.74. The molecule has 1 nitrogen and oxygen atoms in total. The van der Waals surface area contributed by atoms with Gasteiger partial charge >= 0.3 is 0 Å². The molecule has 1 aromatic heterocycles. The highest BCUT2D eigenvalue weighted by Gasteiger charge is 1.96. The maximum atomic E-state index is 5.36. The van der Waals surface area contributed by atoms with E-state index in [4.69, 9.17) is 16.6 Å². The van der Waals surface area contributed by atoms with Crippen LogP contribution in [-0.4, -0.2) is 0 Å². The molecule has 0 unspecified atom stereocenters. The SMILES string of the molecule is Cc1cc(=S)oc2ccccc12. The normalized spacial score (nSPS) is 10.4.